The third-order valence-corrected chi connectivity index (χ3v) is 1.91. The first-order valence-corrected chi connectivity index (χ1v) is 3.89. The summed E-state index contributed by atoms with van der Waals surface area (Å²) >= 11 is 5.58. The molecule has 2 aromatic rings. The molecule has 0 atom stereocenters. The third kappa shape index (κ3) is 1.00. The van der Waals surface area contributed by atoms with E-state index in [9.17, 15) is 5.21 Å². The van der Waals surface area contributed by atoms with E-state index in [2.05, 4.69) is 9.79 Å². The number of hydrogen-bond donors (Lipinski definition) is 0. The second-order valence-electron chi connectivity index (χ2n) is 2.39. The highest BCUT2D eigenvalue weighted by atomic mass is 35.5. The van der Waals surface area contributed by atoms with Crippen molar-refractivity contribution < 1.29 is 9.53 Å². The van der Waals surface area contributed by atoms with Gasteiger partial charge in [0.05, 0.1) is 0 Å². The molecule has 0 aliphatic carbocycles. The van der Waals surface area contributed by atoms with E-state index in [1.165, 1.54) is 0 Å². The molecule has 62 valence electrons. The maximum Gasteiger partial charge on any atom is 0.248 e. The second kappa shape index (κ2) is 2.64. The summed E-state index contributed by atoms with van der Waals surface area (Å²) in [5, 5.41) is 14.4. The van der Waals surface area contributed by atoms with E-state index in [1.54, 1.807) is 18.2 Å². The summed E-state index contributed by atoms with van der Waals surface area (Å²) in [4.78, 5) is 0.366. The summed E-state index contributed by atoms with van der Waals surface area (Å²) in [6.07, 6.45) is 0. The predicted molar refractivity (Wildman–Crippen MR) is 42.5 cm³/mol. The normalized spacial score (nSPS) is 10.8. The highest BCUT2D eigenvalue weighted by Gasteiger charge is 2.08. The van der Waals surface area contributed by atoms with Crippen LogP contribution in [0.4, 0.5) is 0 Å². The van der Waals surface area contributed by atoms with Gasteiger partial charge < -0.3 is 5.21 Å². The molecule has 5 heteroatoms. The van der Waals surface area contributed by atoms with Gasteiger partial charge in [0.15, 0.2) is 0 Å². The summed E-state index contributed by atoms with van der Waals surface area (Å²) in [5.74, 6) is 0.376. The van der Waals surface area contributed by atoms with Gasteiger partial charge in [-0.05, 0) is 22.6 Å². The Labute approximate surface area is 72.9 Å². The van der Waals surface area contributed by atoms with Crippen molar-refractivity contribution in [3.8, 4) is 0 Å². The summed E-state index contributed by atoms with van der Waals surface area (Å²) in [5.41, 5.74) is 1.82. The van der Waals surface area contributed by atoms with Crippen LogP contribution in [-0.2, 0) is 5.88 Å². The fourth-order valence-corrected chi connectivity index (χ4v) is 1.17. The molecule has 0 saturated carbocycles. The number of fused-ring (bicyclic) bond motifs is 1. The third-order valence-electron chi connectivity index (χ3n) is 1.60. The minimum atomic E-state index is 0.366. The Hall–Kier alpha value is -1.29. The molecule has 0 radical (unpaired) electrons. The summed E-state index contributed by atoms with van der Waals surface area (Å²) in [6, 6.07) is 5.16. The molecule has 0 bridgehead atoms. The van der Waals surface area contributed by atoms with Crippen LogP contribution < -0.4 is 4.90 Å². The minimum Gasteiger partial charge on any atom is -0.359 e. The van der Waals surface area contributed by atoms with E-state index in [0.29, 0.717) is 21.8 Å². The Balaban J connectivity index is 2.71. The molecule has 0 N–H and O–H groups in total. The van der Waals surface area contributed by atoms with Gasteiger partial charge in [0.25, 0.3) is 0 Å². The van der Waals surface area contributed by atoms with Gasteiger partial charge in [0.2, 0.25) is 11.0 Å². The van der Waals surface area contributed by atoms with Crippen LogP contribution in [0.25, 0.3) is 11.0 Å². The molecular weight excluding hydrogens is 180 g/mol. The molecule has 1 heterocycles. The lowest BCUT2D eigenvalue weighted by Crippen LogP contribution is -2.22. The standard InChI is InChI=1S/C7H5ClN2O2/c8-4-5-1-2-6-7(3-5)10(11)12-9-6/h1-3H,4H2. The van der Waals surface area contributed by atoms with E-state index in [1.807, 2.05) is 0 Å². The molecule has 0 fully saturated rings. The fourth-order valence-electron chi connectivity index (χ4n) is 1.00. The highest BCUT2D eigenvalue weighted by Crippen LogP contribution is 2.11. The largest absolute Gasteiger partial charge is 0.359 e. The number of hydrogen-bond acceptors (Lipinski definition) is 3. The van der Waals surface area contributed by atoms with Gasteiger partial charge in [0, 0.05) is 11.0 Å². The summed E-state index contributed by atoms with van der Waals surface area (Å²) in [7, 11) is 0. The van der Waals surface area contributed by atoms with Crippen molar-refractivity contribution >= 4 is 22.6 Å². The van der Waals surface area contributed by atoms with E-state index in [0.717, 1.165) is 5.56 Å². The van der Waals surface area contributed by atoms with Gasteiger partial charge in [0.1, 0.15) is 0 Å². The monoisotopic (exact) mass is 184 g/mol. The molecule has 12 heavy (non-hydrogen) atoms. The highest BCUT2D eigenvalue weighted by molar-refractivity contribution is 6.17. The first-order valence-electron chi connectivity index (χ1n) is 3.35. The Morgan fingerprint density at radius 3 is 3.17 bits per heavy atom. The zero-order chi connectivity index (χ0) is 8.55. The predicted octanol–water partition coefficient (Wildman–Crippen LogP) is 1.20. The number of aromatic nitrogens is 2. The lowest BCUT2D eigenvalue weighted by atomic mass is 10.2. The van der Waals surface area contributed by atoms with Gasteiger partial charge in [-0.2, -0.15) is 0 Å². The van der Waals surface area contributed by atoms with Crippen molar-refractivity contribution in [3.05, 3.63) is 29.0 Å². The number of rotatable bonds is 1. The maximum atomic E-state index is 10.9. The average molecular weight is 185 g/mol. The SMILES string of the molecule is [O-][n+]1onc2ccc(CCl)cc21. The van der Waals surface area contributed by atoms with Crippen molar-refractivity contribution in [2.45, 2.75) is 5.88 Å². The van der Waals surface area contributed by atoms with Gasteiger partial charge in [-0.15, -0.1) is 11.6 Å². The van der Waals surface area contributed by atoms with Crippen molar-refractivity contribution in [3.63, 3.8) is 0 Å². The Bertz CT molecular complexity index is 413. The topological polar surface area (TPSA) is 53.0 Å². The number of nitrogens with zero attached hydrogens (tertiary/aromatic N) is 2. The lowest BCUT2D eigenvalue weighted by molar-refractivity contribution is -0.782. The zero-order valence-corrected chi connectivity index (χ0v) is 6.78. The average Bonchev–Trinajstić information content (AvgIpc) is 2.47. The van der Waals surface area contributed by atoms with Gasteiger partial charge in [-0.25, -0.2) is 0 Å². The minimum absolute atomic E-state index is 0.366. The molecule has 4 nitrogen and oxygen atoms in total. The van der Waals surface area contributed by atoms with Crippen LogP contribution in [0.3, 0.4) is 0 Å². The van der Waals surface area contributed by atoms with Crippen LogP contribution >= 0.6 is 11.6 Å². The first kappa shape index (κ1) is 7.36. The lowest BCUT2D eigenvalue weighted by Gasteiger charge is -1.90. The molecule has 0 amide bonds. The molecule has 0 unspecified atom stereocenters. The first-order chi connectivity index (χ1) is 5.81. The molecule has 2 rings (SSSR count). The fraction of sp³-hybridized carbons (Fsp3) is 0.143. The van der Waals surface area contributed by atoms with Crippen LogP contribution in [0.15, 0.2) is 22.8 Å². The molecule has 0 aliphatic heterocycles. The molecule has 0 aliphatic rings. The number of alkyl halides is 1. The van der Waals surface area contributed by atoms with Crippen molar-refractivity contribution in [1.29, 1.82) is 0 Å². The van der Waals surface area contributed by atoms with E-state index in [4.69, 9.17) is 11.6 Å². The van der Waals surface area contributed by atoms with Crippen LogP contribution in [0.5, 0.6) is 0 Å². The van der Waals surface area contributed by atoms with E-state index >= 15 is 0 Å². The zero-order valence-electron chi connectivity index (χ0n) is 6.03. The molecule has 0 spiro atoms. The maximum absolute atomic E-state index is 10.9. The van der Waals surface area contributed by atoms with Crippen LogP contribution in [0.2, 0.25) is 0 Å². The van der Waals surface area contributed by atoms with Gasteiger partial charge in [-0.3, -0.25) is 4.63 Å². The smallest absolute Gasteiger partial charge is 0.248 e. The number of halogens is 1. The van der Waals surface area contributed by atoms with E-state index in [-0.39, 0.29) is 0 Å². The van der Waals surface area contributed by atoms with E-state index < -0.39 is 0 Å². The summed E-state index contributed by atoms with van der Waals surface area (Å²) in [6.45, 7) is 0. The number of benzene rings is 1. The molecular formula is C7H5ClN2O2. The van der Waals surface area contributed by atoms with Gasteiger partial charge in [-0.1, -0.05) is 6.07 Å². The Morgan fingerprint density at radius 1 is 1.58 bits per heavy atom. The molecule has 0 saturated heterocycles. The van der Waals surface area contributed by atoms with Crippen LogP contribution in [0, 0.1) is 5.21 Å². The molecule has 1 aromatic carbocycles. The van der Waals surface area contributed by atoms with Gasteiger partial charge >= 0.3 is 0 Å². The van der Waals surface area contributed by atoms with Crippen molar-refractivity contribution in [1.82, 2.24) is 5.16 Å². The second-order valence-corrected chi connectivity index (χ2v) is 2.65. The summed E-state index contributed by atoms with van der Waals surface area (Å²) < 4.78 is 4.38. The Kier molecular flexibility index (Phi) is 1.62. The quantitative estimate of drug-likeness (QED) is 0.494. The molecule has 1 aromatic heterocycles. The van der Waals surface area contributed by atoms with Crippen molar-refractivity contribution in [2.24, 2.45) is 0 Å². The van der Waals surface area contributed by atoms with Crippen LogP contribution in [0.1, 0.15) is 5.56 Å². The Morgan fingerprint density at radius 2 is 2.42 bits per heavy atom. The van der Waals surface area contributed by atoms with Crippen LogP contribution in [-0.4, -0.2) is 5.16 Å². The van der Waals surface area contributed by atoms with Crippen molar-refractivity contribution in [2.75, 3.05) is 0 Å².